The Balaban J connectivity index is 1.74. The lowest BCUT2D eigenvalue weighted by Gasteiger charge is -2.21. The standard InChI is InChI=1S/C19H19N3O4/c1-25-21-14-11-17(18(20)23)22(12-14)19(24)13-7-9-16(10-8-13)26-15-5-3-2-4-6-15/h2-10,17H,11-12H2,1H3,(H2,20,23). The minimum Gasteiger partial charge on any atom is -0.457 e. The molecule has 1 saturated heterocycles. The summed E-state index contributed by atoms with van der Waals surface area (Å²) in [5.41, 5.74) is 6.47. The molecule has 0 bridgehead atoms. The molecular formula is C19H19N3O4. The van der Waals surface area contributed by atoms with Gasteiger partial charge in [0.25, 0.3) is 5.91 Å². The second-order valence-electron chi connectivity index (χ2n) is 5.83. The van der Waals surface area contributed by atoms with Crippen molar-refractivity contribution in [2.45, 2.75) is 12.5 Å². The van der Waals surface area contributed by atoms with Crippen molar-refractivity contribution < 1.29 is 19.2 Å². The van der Waals surface area contributed by atoms with Crippen molar-refractivity contribution >= 4 is 17.5 Å². The van der Waals surface area contributed by atoms with E-state index in [1.807, 2.05) is 30.3 Å². The van der Waals surface area contributed by atoms with Gasteiger partial charge in [0.1, 0.15) is 24.7 Å². The summed E-state index contributed by atoms with van der Waals surface area (Å²) in [4.78, 5) is 30.6. The molecule has 0 spiro atoms. The zero-order valence-corrected chi connectivity index (χ0v) is 14.3. The third-order valence-corrected chi connectivity index (χ3v) is 4.05. The molecule has 0 aliphatic carbocycles. The first-order valence-electron chi connectivity index (χ1n) is 8.10. The summed E-state index contributed by atoms with van der Waals surface area (Å²) in [5, 5.41) is 3.84. The molecule has 1 heterocycles. The fourth-order valence-electron chi connectivity index (χ4n) is 2.82. The Hall–Kier alpha value is -3.35. The van der Waals surface area contributed by atoms with Gasteiger partial charge in [0.15, 0.2) is 0 Å². The molecule has 2 amide bonds. The fraction of sp³-hybridized carbons (Fsp3) is 0.211. The van der Waals surface area contributed by atoms with Crippen molar-refractivity contribution in [3.8, 4) is 11.5 Å². The smallest absolute Gasteiger partial charge is 0.254 e. The van der Waals surface area contributed by atoms with Crippen molar-refractivity contribution in [3.05, 3.63) is 60.2 Å². The highest BCUT2D eigenvalue weighted by Crippen LogP contribution is 2.23. The normalized spacial score (nSPS) is 18.0. The highest BCUT2D eigenvalue weighted by Gasteiger charge is 2.37. The monoisotopic (exact) mass is 353 g/mol. The van der Waals surface area contributed by atoms with Gasteiger partial charge in [-0.2, -0.15) is 0 Å². The van der Waals surface area contributed by atoms with Crippen LogP contribution >= 0.6 is 0 Å². The van der Waals surface area contributed by atoms with E-state index in [1.54, 1.807) is 24.3 Å². The quantitative estimate of drug-likeness (QED) is 0.834. The molecule has 2 aromatic rings. The SMILES string of the molecule is CON=C1CC(C(N)=O)N(C(=O)c2ccc(Oc3ccccc3)cc2)C1. The van der Waals surface area contributed by atoms with Crippen LogP contribution in [-0.4, -0.2) is 42.1 Å². The van der Waals surface area contributed by atoms with E-state index in [1.165, 1.54) is 12.0 Å². The van der Waals surface area contributed by atoms with Crippen molar-refractivity contribution in [2.24, 2.45) is 10.9 Å². The molecule has 0 aromatic heterocycles. The van der Waals surface area contributed by atoms with Crippen LogP contribution in [0.25, 0.3) is 0 Å². The van der Waals surface area contributed by atoms with Crippen LogP contribution in [0, 0.1) is 0 Å². The predicted octanol–water partition coefficient (Wildman–Crippen LogP) is 2.18. The second-order valence-corrected chi connectivity index (χ2v) is 5.83. The largest absolute Gasteiger partial charge is 0.457 e. The number of nitrogens with zero attached hydrogens (tertiary/aromatic N) is 2. The van der Waals surface area contributed by atoms with Gasteiger partial charge in [-0.25, -0.2) is 0 Å². The van der Waals surface area contributed by atoms with Gasteiger partial charge >= 0.3 is 0 Å². The number of nitrogens with two attached hydrogens (primary N) is 1. The van der Waals surface area contributed by atoms with Crippen LogP contribution in [0.2, 0.25) is 0 Å². The first kappa shape index (κ1) is 17.5. The number of hydrogen-bond donors (Lipinski definition) is 1. The average Bonchev–Trinajstić information content (AvgIpc) is 3.07. The molecule has 7 heteroatoms. The highest BCUT2D eigenvalue weighted by atomic mass is 16.6. The number of ether oxygens (including phenoxy) is 1. The minimum absolute atomic E-state index is 0.211. The van der Waals surface area contributed by atoms with E-state index in [4.69, 9.17) is 15.3 Å². The van der Waals surface area contributed by atoms with Crippen molar-refractivity contribution in [1.29, 1.82) is 0 Å². The number of carbonyl (C=O) groups is 2. The molecule has 134 valence electrons. The maximum absolute atomic E-state index is 12.8. The van der Waals surface area contributed by atoms with E-state index >= 15 is 0 Å². The molecule has 0 saturated carbocycles. The Bertz CT molecular complexity index is 818. The van der Waals surface area contributed by atoms with E-state index in [0.717, 1.165) is 0 Å². The Morgan fingerprint density at radius 1 is 1.08 bits per heavy atom. The van der Waals surface area contributed by atoms with Gasteiger partial charge in [-0.1, -0.05) is 23.4 Å². The number of rotatable bonds is 5. The Labute approximate surface area is 151 Å². The molecule has 1 aliphatic heterocycles. The van der Waals surface area contributed by atoms with E-state index in [0.29, 0.717) is 22.8 Å². The summed E-state index contributed by atoms with van der Waals surface area (Å²) in [5.74, 6) is 0.465. The Morgan fingerprint density at radius 3 is 2.35 bits per heavy atom. The molecular weight excluding hydrogens is 334 g/mol. The van der Waals surface area contributed by atoms with Gasteiger partial charge in [-0.3, -0.25) is 9.59 Å². The zero-order chi connectivity index (χ0) is 18.5. The Kier molecular flexibility index (Phi) is 5.17. The van der Waals surface area contributed by atoms with Gasteiger partial charge < -0.3 is 20.2 Å². The predicted molar refractivity (Wildman–Crippen MR) is 96.0 cm³/mol. The molecule has 26 heavy (non-hydrogen) atoms. The molecule has 2 aromatic carbocycles. The minimum atomic E-state index is -0.725. The van der Waals surface area contributed by atoms with Gasteiger partial charge in [-0.15, -0.1) is 0 Å². The number of para-hydroxylation sites is 1. The van der Waals surface area contributed by atoms with E-state index < -0.39 is 11.9 Å². The summed E-state index contributed by atoms with van der Waals surface area (Å²) < 4.78 is 5.71. The van der Waals surface area contributed by atoms with Crippen molar-refractivity contribution in [2.75, 3.05) is 13.7 Å². The number of amides is 2. The number of carbonyl (C=O) groups excluding carboxylic acids is 2. The van der Waals surface area contributed by atoms with Gasteiger partial charge in [0.05, 0.1) is 12.3 Å². The van der Waals surface area contributed by atoms with E-state index in [2.05, 4.69) is 5.16 Å². The van der Waals surface area contributed by atoms with E-state index in [9.17, 15) is 9.59 Å². The van der Waals surface area contributed by atoms with Crippen LogP contribution in [-0.2, 0) is 9.63 Å². The summed E-state index contributed by atoms with van der Waals surface area (Å²) in [7, 11) is 1.42. The maximum atomic E-state index is 12.8. The van der Waals surface area contributed by atoms with Gasteiger partial charge in [0.2, 0.25) is 5.91 Å². The summed E-state index contributed by atoms with van der Waals surface area (Å²) in [6, 6.07) is 15.4. The third kappa shape index (κ3) is 3.83. The maximum Gasteiger partial charge on any atom is 0.254 e. The van der Waals surface area contributed by atoms with Crippen LogP contribution in [0.15, 0.2) is 59.8 Å². The topological polar surface area (TPSA) is 94.2 Å². The van der Waals surface area contributed by atoms with Crippen LogP contribution in [0.1, 0.15) is 16.8 Å². The van der Waals surface area contributed by atoms with Crippen LogP contribution in [0.4, 0.5) is 0 Å². The first-order valence-corrected chi connectivity index (χ1v) is 8.10. The first-order chi connectivity index (χ1) is 12.6. The lowest BCUT2D eigenvalue weighted by Crippen LogP contribution is -2.43. The molecule has 1 fully saturated rings. The average molecular weight is 353 g/mol. The molecule has 7 nitrogen and oxygen atoms in total. The third-order valence-electron chi connectivity index (χ3n) is 4.05. The fourth-order valence-corrected chi connectivity index (χ4v) is 2.82. The number of benzene rings is 2. The summed E-state index contributed by atoms with van der Waals surface area (Å²) in [6.07, 6.45) is 0.282. The summed E-state index contributed by atoms with van der Waals surface area (Å²) in [6.45, 7) is 0.211. The highest BCUT2D eigenvalue weighted by molar-refractivity contribution is 6.05. The van der Waals surface area contributed by atoms with Crippen molar-refractivity contribution in [1.82, 2.24) is 4.90 Å². The zero-order valence-electron chi connectivity index (χ0n) is 14.3. The molecule has 1 aliphatic rings. The Morgan fingerprint density at radius 2 is 1.73 bits per heavy atom. The molecule has 1 atom stereocenters. The molecule has 2 N–H and O–H groups in total. The lowest BCUT2D eigenvalue weighted by molar-refractivity contribution is -0.121. The summed E-state index contributed by atoms with van der Waals surface area (Å²) >= 11 is 0. The van der Waals surface area contributed by atoms with Crippen molar-refractivity contribution in [3.63, 3.8) is 0 Å². The number of oxime groups is 1. The van der Waals surface area contributed by atoms with Crippen LogP contribution < -0.4 is 10.5 Å². The molecule has 1 unspecified atom stereocenters. The lowest BCUT2D eigenvalue weighted by atomic mass is 10.1. The van der Waals surface area contributed by atoms with E-state index in [-0.39, 0.29) is 18.9 Å². The number of primary amides is 1. The van der Waals surface area contributed by atoms with Gasteiger partial charge in [0, 0.05) is 12.0 Å². The number of hydrogen-bond acceptors (Lipinski definition) is 5. The second kappa shape index (κ2) is 7.69. The number of likely N-dealkylation sites (tertiary alicyclic amines) is 1. The van der Waals surface area contributed by atoms with Gasteiger partial charge in [-0.05, 0) is 36.4 Å². The van der Waals surface area contributed by atoms with Crippen LogP contribution in [0.5, 0.6) is 11.5 Å². The molecule has 0 radical (unpaired) electrons. The van der Waals surface area contributed by atoms with Crippen LogP contribution in [0.3, 0.4) is 0 Å². The molecule has 3 rings (SSSR count).